The number of benzene rings is 1. The third kappa shape index (κ3) is 4.58. The maximum Gasteiger partial charge on any atom is 0.165 e. The zero-order valence-corrected chi connectivity index (χ0v) is 11.6. The zero-order valence-electron chi connectivity index (χ0n) is 10.8. The molecule has 0 saturated heterocycles. The predicted octanol–water partition coefficient (Wildman–Crippen LogP) is 2.33. The molecule has 18 heavy (non-hydrogen) atoms. The average Bonchev–Trinajstić information content (AvgIpc) is 2.28. The molecule has 100 valence electrons. The summed E-state index contributed by atoms with van der Waals surface area (Å²) in [5, 5.41) is 0. The van der Waals surface area contributed by atoms with Crippen molar-refractivity contribution in [3.8, 4) is 5.75 Å². The summed E-state index contributed by atoms with van der Waals surface area (Å²) < 4.78 is 18.4. The Bertz CT molecular complexity index is 412. The van der Waals surface area contributed by atoms with Crippen LogP contribution in [-0.2, 0) is 6.54 Å². The lowest BCUT2D eigenvalue weighted by molar-refractivity contribution is 0.303. The molecule has 0 bridgehead atoms. The molecule has 0 aliphatic rings. The van der Waals surface area contributed by atoms with Gasteiger partial charge in [-0.3, -0.25) is 4.90 Å². The molecule has 3 nitrogen and oxygen atoms in total. The fourth-order valence-electron chi connectivity index (χ4n) is 1.82. The maximum absolute atomic E-state index is 13.6. The number of nitrogens with two attached hydrogens (primary N) is 1. The Balaban J connectivity index is 2.73. The van der Waals surface area contributed by atoms with Crippen molar-refractivity contribution in [3.05, 3.63) is 29.6 Å². The van der Waals surface area contributed by atoms with Crippen molar-refractivity contribution in [2.75, 3.05) is 20.2 Å². The van der Waals surface area contributed by atoms with Crippen molar-refractivity contribution in [1.29, 1.82) is 0 Å². The van der Waals surface area contributed by atoms with Gasteiger partial charge in [-0.05, 0) is 30.7 Å². The van der Waals surface area contributed by atoms with Crippen molar-refractivity contribution in [3.63, 3.8) is 0 Å². The van der Waals surface area contributed by atoms with Gasteiger partial charge in [-0.1, -0.05) is 25.2 Å². The number of methoxy groups -OCH3 is 1. The Morgan fingerprint density at radius 1 is 1.50 bits per heavy atom. The molecule has 5 heteroatoms. The van der Waals surface area contributed by atoms with Gasteiger partial charge in [-0.25, -0.2) is 4.39 Å². The quantitative estimate of drug-likeness (QED) is 0.772. The van der Waals surface area contributed by atoms with E-state index in [4.69, 9.17) is 22.7 Å². The largest absolute Gasteiger partial charge is 0.494 e. The van der Waals surface area contributed by atoms with E-state index < -0.39 is 0 Å². The molecule has 0 spiro atoms. The minimum absolute atomic E-state index is 0.259. The van der Waals surface area contributed by atoms with Crippen LogP contribution in [0.15, 0.2) is 18.2 Å². The van der Waals surface area contributed by atoms with Gasteiger partial charge in [0.25, 0.3) is 0 Å². The molecule has 0 heterocycles. The van der Waals surface area contributed by atoms with E-state index in [1.165, 1.54) is 13.2 Å². The zero-order chi connectivity index (χ0) is 13.5. The van der Waals surface area contributed by atoms with Crippen molar-refractivity contribution in [2.45, 2.75) is 19.9 Å². The maximum atomic E-state index is 13.6. The number of hydrogen-bond donors (Lipinski definition) is 1. The van der Waals surface area contributed by atoms with Gasteiger partial charge >= 0.3 is 0 Å². The number of hydrogen-bond acceptors (Lipinski definition) is 3. The Morgan fingerprint density at radius 2 is 2.22 bits per heavy atom. The van der Waals surface area contributed by atoms with E-state index in [1.807, 2.05) is 6.07 Å². The summed E-state index contributed by atoms with van der Waals surface area (Å²) >= 11 is 4.91. The summed E-state index contributed by atoms with van der Waals surface area (Å²) in [5.74, 6) is -0.0862. The first-order valence-corrected chi connectivity index (χ1v) is 6.30. The first-order chi connectivity index (χ1) is 8.56. The van der Waals surface area contributed by atoms with Crippen LogP contribution >= 0.6 is 12.2 Å². The van der Waals surface area contributed by atoms with Crippen molar-refractivity contribution < 1.29 is 9.13 Å². The first kappa shape index (κ1) is 14.9. The van der Waals surface area contributed by atoms with E-state index in [1.54, 1.807) is 6.07 Å². The van der Waals surface area contributed by atoms with Gasteiger partial charge in [0, 0.05) is 13.1 Å². The topological polar surface area (TPSA) is 38.5 Å². The van der Waals surface area contributed by atoms with Crippen LogP contribution < -0.4 is 10.5 Å². The van der Waals surface area contributed by atoms with Gasteiger partial charge in [0.05, 0.1) is 12.1 Å². The normalized spacial score (nSPS) is 10.7. The summed E-state index contributed by atoms with van der Waals surface area (Å²) in [5.41, 5.74) is 6.44. The number of nitrogens with zero attached hydrogens (tertiary/aromatic N) is 1. The van der Waals surface area contributed by atoms with Crippen molar-refractivity contribution >= 4 is 17.2 Å². The van der Waals surface area contributed by atoms with Gasteiger partial charge in [0.2, 0.25) is 0 Å². The second-order valence-corrected chi connectivity index (χ2v) is 4.67. The second kappa shape index (κ2) is 7.28. The standard InChI is InChI=1S/C13H19FN2OS/c1-3-6-16(9-13(15)18)8-10-4-5-12(17-2)11(14)7-10/h4-5,7H,3,6,8-9H2,1-2H3,(H2,15,18). The molecule has 1 aromatic rings. The Labute approximate surface area is 113 Å². The van der Waals surface area contributed by atoms with Gasteiger partial charge < -0.3 is 10.5 Å². The summed E-state index contributed by atoms with van der Waals surface area (Å²) in [6, 6.07) is 4.97. The lowest BCUT2D eigenvalue weighted by atomic mass is 10.2. The van der Waals surface area contributed by atoms with Gasteiger partial charge in [0.1, 0.15) is 0 Å². The van der Waals surface area contributed by atoms with Gasteiger partial charge in [0.15, 0.2) is 11.6 Å². The molecule has 2 N–H and O–H groups in total. The SMILES string of the molecule is CCCN(CC(N)=S)Cc1ccc(OC)c(F)c1. The minimum Gasteiger partial charge on any atom is -0.494 e. The fourth-order valence-corrected chi connectivity index (χ4v) is 2.00. The van der Waals surface area contributed by atoms with E-state index in [0.717, 1.165) is 18.5 Å². The Kier molecular flexibility index (Phi) is 6.01. The molecule has 0 radical (unpaired) electrons. The molecule has 1 rings (SSSR count). The molecule has 0 unspecified atom stereocenters. The van der Waals surface area contributed by atoms with Gasteiger partial charge in [-0.2, -0.15) is 0 Å². The number of rotatable bonds is 7. The monoisotopic (exact) mass is 270 g/mol. The van der Waals surface area contributed by atoms with Crippen LogP contribution in [0.3, 0.4) is 0 Å². The van der Waals surface area contributed by atoms with Gasteiger partial charge in [-0.15, -0.1) is 0 Å². The van der Waals surface area contributed by atoms with Crippen LogP contribution in [0.1, 0.15) is 18.9 Å². The van der Waals surface area contributed by atoms with E-state index in [-0.39, 0.29) is 11.6 Å². The summed E-state index contributed by atoms with van der Waals surface area (Å²) in [6.45, 7) is 4.15. The smallest absolute Gasteiger partial charge is 0.165 e. The molecule has 0 fully saturated rings. The second-order valence-electron chi connectivity index (χ2n) is 4.15. The van der Waals surface area contributed by atoms with Crippen LogP contribution in [0.5, 0.6) is 5.75 Å². The van der Waals surface area contributed by atoms with Crippen LogP contribution in [0.25, 0.3) is 0 Å². The Morgan fingerprint density at radius 3 is 2.72 bits per heavy atom. The molecular formula is C13H19FN2OS. The summed E-state index contributed by atoms with van der Waals surface area (Å²) in [7, 11) is 1.45. The van der Waals surface area contributed by atoms with E-state index in [0.29, 0.717) is 18.1 Å². The third-order valence-corrected chi connectivity index (χ3v) is 2.67. The first-order valence-electron chi connectivity index (χ1n) is 5.90. The third-order valence-electron chi connectivity index (χ3n) is 2.54. The van der Waals surface area contributed by atoms with Crippen molar-refractivity contribution in [1.82, 2.24) is 4.90 Å². The molecule has 0 aromatic heterocycles. The van der Waals surface area contributed by atoms with E-state index in [2.05, 4.69) is 11.8 Å². The van der Waals surface area contributed by atoms with Crippen molar-refractivity contribution in [2.24, 2.45) is 5.73 Å². The van der Waals surface area contributed by atoms with Crippen LogP contribution in [0.4, 0.5) is 4.39 Å². The number of ether oxygens (including phenoxy) is 1. The van der Waals surface area contributed by atoms with Crippen LogP contribution in [0, 0.1) is 5.82 Å². The number of thiocarbonyl (C=S) groups is 1. The fraction of sp³-hybridized carbons (Fsp3) is 0.462. The molecule has 0 aliphatic carbocycles. The lowest BCUT2D eigenvalue weighted by Crippen LogP contribution is -2.32. The molecule has 1 aromatic carbocycles. The molecule has 0 saturated carbocycles. The highest BCUT2D eigenvalue weighted by Crippen LogP contribution is 2.18. The number of halogens is 1. The highest BCUT2D eigenvalue weighted by molar-refractivity contribution is 7.80. The highest BCUT2D eigenvalue weighted by atomic mass is 32.1. The van der Waals surface area contributed by atoms with E-state index >= 15 is 0 Å². The predicted molar refractivity (Wildman–Crippen MR) is 75.3 cm³/mol. The molecule has 0 amide bonds. The molecule has 0 atom stereocenters. The average molecular weight is 270 g/mol. The minimum atomic E-state index is -0.346. The van der Waals surface area contributed by atoms with Crippen LogP contribution in [-0.4, -0.2) is 30.1 Å². The lowest BCUT2D eigenvalue weighted by Gasteiger charge is -2.21. The highest BCUT2D eigenvalue weighted by Gasteiger charge is 2.09. The summed E-state index contributed by atoms with van der Waals surface area (Å²) in [6.07, 6.45) is 1.00. The van der Waals surface area contributed by atoms with Crippen LogP contribution in [0.2, 0.25) is 0 Å². The molecule has 0 aliphatic heterocycles. The molecular weight excluding hydrogens is 251 g/mol. The van der Waals surface area contributed by atoms with E-state index in [9.17, 15) is 4.39 Å². The summed E-state index contributed by atoms with van der Waals surface area (Å²) in [4.78, 5) is 2.56. The Hall–Kier alpha value is -1.20.